The monoisotopic (exact) mass is 486 g/mol. The standard InChI is InChI=1S/C23H23FN4O5S/c1-3-27-21(31)18(28(23(27)34)26-20(30)15-6-5-7-16(24)12-15)13-19(29)25-17-10-8-14(9-11-17)22(32)33-4-2/h5-12,18H,3-4,13H2,1-2H3,(H,25,29)(H,26,30). The number of halogens is 1. The second-order valence-corrected chi connectivity index (χ2v) is 7.62. The van der Waals surface area contributed by atoms with Crippen LogP contribution in [0.25, 0.3) is 0 Å². The van der Waals surface area contributed by atoms with E-state index in [1.54, 1.807) is 13.8 Å². The fraction of sp³-hybridized carbons (Fsp3) is 0.261. The third-order valence-corrected chi connectivity index (χ3v) is 5.40. The van der Waals surface area contributed by atoms with Gasteiger partial charge in [0.05, 0.1) is 18.6 Å². The molecule has 1 heterocycles. The molecule has 178 valence electrons. The predicted molar refractivity (Wildman–Crippen MR) is 125 cm³/mol. The Balaban J connectivity index is 1.71. The molecule has 2 aromatic carbocycles. The minimum Gasteiger partial charge on any atom is -0.462 e. The summed E-state index contributed by atoms with van der Waals surface area (Å²) in [6, 6.07) is 10.1. The Bertz CT molecular complexity index is 1120. The van der Waals surface area contributed by atoms with E-state index in [0.29, 0.717) is 11.3 Å². The van der Waals surface area contributed by atoms with Crippen LogP contribution in [0.1, 0.15) is 41.0 Å². The molecule has 3 rings (SSSR count). The number of hydrogen-bond acceptors (Lipinski definition) is 6. The second kappa shape index (κ2) is 10.8. The van der Waals surface area contributed by atoms with E-state index >= 15 is 0 Å². The number of hydrogen-bond donors (Lipinski definition) is 2. The van der Waals surface area contributed by atoms with Crippen LogP contribution in [0.2, 0.25) is 0 Å². The zero-order chi connectivity index (χ0) is 24.8. The normalized spacial score (nSPS) is 15.3. The van der Waals surface area contributed by atoms with E-state index in [4.69, 9.17) is 17.0 Å². The van der Waals surface area contributed by atoms with Gasteiger partial charge in [0.2, 0.25) is 5.91 Å². The number of hydrazine groups is 1. The molecule has 1 atom stereocenters. The SMILES string of the molecule is CCOC(=O)c1ccc(NC(=O)CC2C(=O)N(CC)C(=S)N2NC(=O)c2cccc(F)c2)cc1. The van der Waals surface area contributed by atoms with Crippen molar-refractivity contribution in [3.63, 3.8) is 0 Å². The number of thiocarbonyl (C=S) groups is 1. The van der Waals surface area contributed by atoms with Crippen molar-refractivity contribution in [2.75, 3.05) is 18.5 Å². The average Bonchev–Trinajstić information content (AvgIpc) is 3.02. The Morgan fingerprint density at radius 3 is 2.41 bits per heavy atom. The van der Waals surface area contributed by atoms with Crippen LogP contribution in [-0.4, -0.2) is 57.9 Å². The Morgan fingerprint density at radius 1 is 1.09 bits per heavy atom. The first-order valence-corrected chi connectivity index (χ1v) is 10.9. The molecule has 1 unspecified atom stereocenters. The van der Waals surface area contributed by atoms with Crippen LogP contribution in [0.3, 0.4) is 0 Å². The Labute approximate surface area is 200 Å². The van der Waals surface area contributed by atoms with Crippen LogP contribution < -0.4 is 10.7 Å². The van der Waals surface area contributed by atoms with Crippen LogP contribution in [0.5, 0.6) is 0 Å². The fourth-order valence-electron chi connectivity index (χ4n) is 3.34. The Hall–Kier alpha value is -3.86. The molecule has 0 bridgehead atoms. The van der Waals surface area contributed by atoms with Gasteiger partial charge in [-0.1, -0.05) is 6.07 Å². The number of anilines is 1. The van der Waals surface area contributed by atoms with Crippen molar-refractivity contribution in [2.24, 2.45) is 0 Å². The highest BCUT2D eigenvalue weighted by atomic mass is 32.1. The number of benzene rings is 2. The summed E-state index contributed by atoms with van der Waals surface area (Å²) in [5.74, 6) is -2.69. The molecule has 0 radical (unpaired) electrons. The molecule has 9 nitrogen and oxygen atoms in total. The molecule has 34 heavy (non-hydrogen) atoms. The van der Waals surface area contributed by atoms with Crippen LogP contribution in [0.4, 0.5) is 10.1 Å². The third-order valence-electron chi connectivity index (χ3n) is 4.98. The third kappa shape index (κ3) is 5.54. The van der Waals surface area contributed by atoms with Gasteiger partial charge in [0.15, 0.2) is 5.11 Å². The first-order valence-electron chi connectivity index (χ1n) is 10.5. The molecule has 0 aromatic heterocycles. The quantitative estimate of drug-likeness (QED) is 0.436. The first-order chi connectivity index (χ1) is 16.2. The van der Waals surface area contributed by atoms with Gasteiger partial charge in [0.1, 0.15) is 11.9 Å². The molecule has 1 fully saturated rings. The van der Waals surface area contributed by atoms with Gasteiger partial charge < -0.3 is 10.1 Å². The van der Waals surface area contributed by atoms with E-state index in [1.165, 1.54) is 47.4 Å². The minimum absolute atomic E-state index is 0.0360. The number of rotatable bonds is 8. The van der Waals surface area contributed by atoms with Gasteiger partial charge in [-0.2, -0.15) is 0 Å². The molecule has 1 saturated heterocycles. The molecular weight excluding hydrogens is 463 g/mol. The van der Waals surface area contributed by atoms with Gasteiger partial charge in [0, 0.05) is 17.8 Å². The number of carbonyl (C=O) groups is 4. The van der Waals surface area contributed by atoms with Crippen molar-refractivity contribution in [1.29, 1.82) is 0 Å². The lowest BCUT2D eigenvalue weighted by Gasteiger charge is -2.24. The van der Waals surface area contributed by atoms with Crippen molar-refractivity contribution in [1.82, 2.24) is 15.3 Å². The minimum atomic E-state index is -1.08. The van der Waals surface area contributed by atoms with Crippen molar-refractivity contribution in [2.45, 2.75) is 26.3 Å². The van der Waals surface area contributed by atoms with Crippen molar-refractivity contribution < 1.29 is 28.3 Å². The van der Waals surface area contributed by atoms with E-state index in [0.717, 1.165) is 11.1 Å². The van der Waals surface area contributed by atoms with Crippen molar-refractivity contribution in [3.05, 3.63) is 65.5 Å². The topological polar surface area (TPSA) is 108 Å². The van der Waals surface area contributed by atoms with Crippen LogP contribution in [0, 0.1) is 5.82 Å². The van der Waals surface area contributed by atoms with Gasteiger partial charge in [-0.3, -0.25) is 24.7 Å². The van der Waals surface area contributed by atoms with Gasteiger partial charge >= 0.3 is 5.97 Å². The van der Waals surface area contributed by atoms with Crippen LogP contribution >= 0.6 is 12.2 Å². The van der Waals surface area contributed by atoms with Crippen LogP contribution in [-0.2, 0) is 14.3 Å². The summed E-state index contributed by atoms with van der Waals surface area (Å²) in [5.41, 5.74) is 3.29. The van der Waals surface area contributed by atoms with Gasteiger partial charge in [-0.15, -0.1) is 0 Å². The zero-order valence-electron chi connectivity index (χ0n) is 18.5. The highest BCUT2D eigenvalue weighted by molar-refractivity contribution is 7.80. The molecule has 0 spiro atoms. The summed E-state index contributed by atoms with van der Waals surface area (Å²) >= 11 is 5.32. The number of ether oxygens (including phenoxy) is 1. The van der Waals surface area contributed by atoms with Gasteiger partial charge in [0.25, 0.3) is 11.8 Å². The summed E-state index contributed by atoms with van der Waals surface area (Å²) in [6.45, 7) is 3.91. The van der Waals surface area contributed by atoms with Gasteiger partial charge in [-0.05, 0) is 68.5 Å². The number of nitrogens with one attached hydrogen (secondary N) is 2. The number of esters is 1. The summed E-state index contributed by atoms with van der Waals surface area (Å²) in [6.07, 6.45) is -0.307. The lowest BCUT2D eigenvalue weighted by atomic mass is 10.1. The first kappa shape index (κ1) is 24.8. The Kier molecular flexibility index (Phi) is 7.90. The molecule has 11 heteroatoms. The molecule has 2 N–H and O–H groups in total. The van der Waals surface area contributed by atoms with Crippen molar-refractivity contribution in [3.8, 4) is 0 Å². The van der Waals surface area contributed by atoms with E-state index in [1.807, 2.05) is 0 Å². The molecule has 0 saturated carbocycles. The molecule has 3 amide bonds. The number of amides is 3. The fourth-order valence-corrected chi connectivity index (χ4v) is 3.73. The summed E-state index contributed by atoms with van der Waals surface area (Å²) < 4.78 is 18.4. The number of nitrogens with zero attached hydrogens (tertiary/aromatic N) is 2. The molecule has 0 aliphatic carbocycles. The Morgan fingerprint density at radius 2 is 1.79 bits per heavy atom. The van der Waals surface area contributed by atoms with E-state index in [2.05, 4.69) is 10.7 Å². The smallest absolute Gasteiger partial charge is 0.338 e. The lowest BCUT2D eigenvalue weighted by Crippen LogP contribution is -2.49. The summed E-state index contributed by atoms with van der Waals surface area (Å²) in [7, 11) is 0. The van der Waals surface area contributed by atoms with Crippen molar-refractivity contribution >= 4 is 46.7 Å². The number of likely N-dealkylation sites (N-methyl/N-ethyl adjacent to an activating group) is 1. The van der Waals surface area contributed by atoms with E-state index < -0.39 is 35.5 Å². The maximum absolute atomic E-state index is 13.5. The van der Waals surface area contributed by atoms with Crippen LogP contribution in [0.15, 0.2) is 48.5 Å². The number of carbonyl (C=O) groups excluding carboxylic acids is 4. The average molecular weight is 487 g/mol. The van der Waals surface area contributed by atoms with E-state index in [9.17, 15) is 23.6 Å². The van der Waals surface area contributed by atoms with Gasteiger partial charge in [-0.25, -0.2) is 14.2 Å². The molecular formula is C23H23FN4O5S. The van der Waals surface area contributed by atoms with E-state index in [-0.39, 0.29) is 30.2 Å². The maximum Gasteiger partial charge on any atom is 0.338 e. The lowest BCUT2D eigenvalue weighted by molar-refractivity contribution is -0.130. The maximum atomic E-state index is 13.5. The molecule has 2 aromatic rings. The zero-order valence-corrected chi connectivity index (χ0v) is 19.4. The molecule has 1 aliphatic rings. The molecule has 1 aliphatic heterocycles. The predicted octanol–water partition coefficient (Wildman–Crippen LogP) is 2.49. The second-order valence-electron chi connectivity index (χ2n) is 7.25. The highest BCUT2D eigenvalue weighted by Crippen LogP contribution is 2.20. The largest absolute Gasteiger partial charge is 0.462 e. The summed E-state index contributed by atoms with van der Waals surface area (Å²) in [4.78, 5) is 51.2. The summed E-state index contributed by atoms with van der Waals surface area (Å²) in [5, 5.41) is 3.84. The highest BCUT2D eigenvalue weighted by Gasteiger charge is 2.43.